The third-order valence-corrected chi connectivity index (χ3v) is 4.61. The Morgan fingerprint density at radius 3 is 2.19 bits per heavy atom. The lowest BCUT2D eigenvalue weighted by molar-refractivity contribution is -0.126. The van der Waals surface area contributed by atoms with Crippen LogP contribution in [0.15, 0.2) is 37.2 Å². The molecule has 3 rings (SSSR count). The quantitative estimate of drug-likeness (QED) is 0.438. The molecule has 2 N–H and O–H groups in total. The van der Waals surface area contributed by atoms with E-state index in [1.165, 1.54) is 23.7 Å². The van der Waals surface area contributed by atoms with Gasteiger partial charge < -0.3 is 14.6 Å². The summed E-state index contributed by atoms with van der Waals surface area (Å²) in [4.78, 5) is 45.1. The van der Waals surface area contributed by atoms with E-state index in [9.17, 15) is 14.8 Å². The maximum absolute atomic E-state index is 12.0. The molecule has 0 bridgehead atoms. The van der Waals surface area contributed by atoms with E-state index >= 15 is 0 Å². The van der Waals surface area contributed by atoms with Gasteiger partial charge in [-0.2, -0.15) is 10.1 Å². The van der Waals surface area contributed by atoms with Gasteiger partial charge in [0.1, 0.15) is 23.3 Å². The zero-order valence-corrected chi connectivity index (χ0v) is 22.1. The standard InChI is InChI=1S/C12H19N3O4.C12H17N3O3/c1-12(2,3)19-11(17)15(18)10(4-7-16)9-8-13-5-6-14-9;1-12(2,3)18-11(16)15-10(4-7-17-15)9-8-13-5-6-14-9/h5-6,8,10,16,18H,4,7H2,1-3H3;5-6,8,10H,4,7H2,1-3H3/t2*10-/m00/s1. The van der Waals surface area contributed by atoms with Gasteiger partial charge in [0.2, 0.25) is 0 Å². The van der Waals surface area contributed by atoms with E-state index in [1.54, 1.807) is 39.4 Å². The van der Waals surface area contributed by atoms with Gasteiger partial charge in [0.05, 0.1) is 30.4 Å². The van der Waals surface area contributed by atoms with Crippen LogP contribution in [0.1, 0.15) is 77.9 Å². The third kappa shape index (κ3) is 9.86. The van der Waals surface area contributed by atoms with Crippen LogP contribution in [0.5, 0.6) is 0 Å². The number of ether oxygens (including phenoxy) is 2. The molecule has 2 aromatic heterocycles. The molecule has 2 aromatic rings. The summed E-state index contributed by atoms with van der Waals surface area (Å²) in [6.45, 7) is 10.8. The van der Waals surface area contributed by atoms with Gasteiger partial charge in [-0.05, 0) is 48.0 Å². The van der Waals surface area contributed by atoms with Crippen molar-refractivity contribution in [2.75, 3.05) is 13.2 Å². The van der Waals surface area contributed by atoms with Crippen molar-refractivity contribution in [1.82, 2.24) is 30.1 Å². The van der Waals surface area contributed by atoms with Gasteiger partial charge >= 0.3 is 12.2 Å². The Bertz CT molecular complexity index is 983. The molecule has 1 saturated heterocycles. The van der Waals surface area contributed by atoms with E-state index in [2.05, 4.69) is 19.9 Å². The van der Waals surface area contributed by atoms with Crippen LogP contribution < -0.4 is 0 Å². The Labute approximate surface area is 216 Å². The average molecular weight is 521 g/mol. The van der Waals surface area contributed by atoms with Crippen LogP contribution in [0.25, 0.3) is 0 Å². The highest BCUT2D eigenvalue weighted by Crippen LogP contribution is 2.30. The number of carbonyl (C=O) groups excluding carboxylic acids is 2. The topological polar surface area (TPSA) is 160 Å². The smallest absolute Gasteiger partial charge is 0.435 e. The molecule has 0 aromatic carbocycles. The second kappa shape index (κ2) is 13.2. The molecule has 1 fully saturated rings. The van der Waals surface area contributed by atoms with Crippen LogP contribution in [0.3, 0.4) is 0 Å². The van der Waals surface area contributed by atoms with Crippen LogP contribution in [-0.2, 0) is 14.3 Å². The number of hydrogen-bond acceptors (Lipinski definition) is 11. The number of aromatic nitrogens is 4. The maximum Gasteiger partial charge on any atom is 0.435 e. The molecule has 1 aliphatic rings. The summed E-state index contributed by atoms with van der Waals surface area (Å²) >= 11 is 0. The van der Waals surface area contributed by atoms with Gasteiger partial charge in [-0.1, -0.05) is 0 Å². The molecule has 1 aliphatic heterocycles. The SMILES string of the molecule is CC(C)(C)OC(=O)N(O)[C@@H](CCO)c1cnccn1.CC(C)(C)OC(=O)N1OCC[C@H]1c1cnccn1. The minimum Gasteiger partial charge on any atom is -0.442 e. The largest absolute Gasteiger partial charge is 0.442 e. The van der Waals surface area contributed by atoms with Crippen LogP contribution >= 0.6 is 0 Å². The summed E-state index contributed by atoms with van der Waals surface area (Å²) in [5.41, 5.74) is -0.175. The van der Waals surface area contributed by atoms with Gasteiger partial charge in [0.25, 0.3) is 0 Å². The zero-order valence-electron chi connectivity index (χ0n) is 22.1. The van der Waals surface area contributed by atoms with Gasteiger partial charge in [-0.3, -0.25) is 30.0 Å². The first-order chi connectivity index (χ1) is 17.3. The van der Waals surface area contributed by atoms with Crippen LogP contribution in [0, 0.1) is 0 Å². The van der Waals surface area contributed by atoms with Crippen molar-refractivity contribution in [1.29, 1.82) is 0 Å². The van der Waals surface area contributed by atoms with Crippen LogP contribution in [0.4, 0.5) is 9.59 Å². The minimum absolute atomic E-state index is 0.133. The number of aliphatic hydroxyl groups excluding tert-OH is 1. The van der Waals surface area contributed by atoms with Gasteiger partial charge in [-0.15, -0.1) is 0 Å². The molecule has 0 spiro atoms. The van der Waals surface area contributed by atoms with E-state index in [0.29, 0.717) is 29.5 Å². The molecule has 0 unspecified atom stereocenters. The highest BCUT2D eigenvalue weighted by molar-refractivity contribution is 5.68. The second-order valence-corrected chi connectivity index (χ2v) is 10.1. The Morgan fingerprint density at radius 2 is 1.68 bits per heavy atom. The second-order valence-electron chi connectivity index (χ2n) is 10.1. The van der Waals surface area contributed by atoms with Crippen molar-refractivity contribution in [2.24, 2.45) is 0 Å². The molecule has 0 saturated carbocycles. The molecule has 2 atom stereocenters. The van der Waals surface area contributed by atoms with Gasteiger partial charge in [0.15, 0.2) is 0 Å². The summed E-state index contributed by atoms with van der Waals surface area (Å²) < 4.78 is 10.3. The first-order valence-electron chi connectivity index (χ1n) is 11.8. The molecule has 0 aliphatic carbocycles. The molecular formula is C24H36N6O7. The van der Waals surface area contributed by atoms with E-state index in [4.69, 9.17) is 19.4 Å². The fourth-order valence-electron chi connectivity index (χ4n) is 3.14. The van der Waals surface area contributed by atoms with E-state index < -0.39 is 29.4 Å². The fraction of sp³-hybridized carbons (Fsp3) is 0.583. The molecule has 3 heterocycles. The third-order valence-electron chi connectivity index (χ3n) is 4.61. The normalized spacial score (nSPS) is 16.3. The number of hydroxylamine groups is 4. The highest BCUT2D eigenvalue weighted by atomic mass is 16.7. The van der Waals surface area contributed by atoms with Crippen molar-refractivity contribution in [3.05, 3.63) is 48.6 Å². The lowest BCUT2D eigenvalue weighted by Crippen LogP contribution is -2.37. The Balaban J connectivity index is 0.000000260. The Hall–Kier alpha value is -3.42. The molecule has 13 nitrogen and oxygen atoms in total. The van der Waals surface area contributed by atoms with E-state index in [-0.39, 0.29) is 19.1 Å². The Morgan fingerprint density at radius 1 is 1.05 bits per heavy atom. The van der Waals surface area contributed by atoms with Crippen molar-refractivity contribution in [3.8, 4) is 0 Å². The first kappa shape index (κ1) is 29.8. The van der Waals surface area contributed by atoms with Gasteiger partial charge in [0, 0.05) is 37.8 Å². The number of nitrogens with zero attached hydrogens (tertiary/aromatic N) is 6. The molecule has 0 radical (unpaired) electrons. The number of aliphatic hydroxyl groups is 1. The number of hydrogen-bond donors (Lipinski definition) is 2. The minimum atomic E-state index is -0.892. The number of carbonyl (C=O) groups is 2. The lowest BCUT2D eigenvalue weighted by Gasteiger charge is -2.28. The number of rotatable bonds is 5. The maximum atomic E-state index is 12.0. The molecule has 13 heteroatoms. The van der Waals surface area contributed by atoms with Crippen molar-refractivity contribution in [3.63, 3.8) is 0 Å². The van der Waals surface area contributed by atoms with Crippen molar-refractivity contribution >= 4 is 12.2 Å². The molecule has 37 heavy (non-hydrogen) atoms. The summed E-state index contributed by atoms with van der Waals surface area (Å²) in [5.74, 6) is 0. The lowest BCUT2D eigenvalue weighted by atomic mass is 10.1. The van der Waals surface area contributed by atoms with Gasteiger partial charge in [-0.25, -0.2) is 9.59 Å². The summed E-state index contributed by atoms with van der Waals surface area (Å²) in [7, 11) is 0. The summed E-state index contributed by atoms with van der Waals surface area (Å²) in [6.07, 6.45) is 8.62. The summed E-state index contributed by atoms with van der Waals surface area (Å²) in [5, 5.41) is 20.6. The van der Waals surface area contributed by atoms with Crippen LogP contribution in [0.2, 0.25) is 0 Å². The Kier molecular flexibility index (Phi) is 10.6. The average Bonchev–Trinajstić information content (AvgIpc) is 3.32. The van der Waals surface area contributed by atoms with Crippen LogP contribution in [-0.4, -0.2) is 77.0 Å². The molecule has 2 amide bonds. The van der Waals surface area contributed by atoms with Crippen molar-refractivity contribution in [2.45, 2.75) is 77.7 Å². The predicted octanol–water partition coefficient (Wildman–Crippen LogP) is 3.62. The summed E-state index contributed by atoms with van der Waals surface area (Å²) in [6, 6.07) is -1.03. The first-order valence-corrected chi connectivity index (χ1v) is 11.8. The molecule has 204 valence electrons. The fourth-order valence-corrected chi connectivity index (χ4v) is 3.14. The van der Waals surface area contributed by atoms with Crippen molar-refractivity contribution < 1.29 is 34.2 Å². The molecular weight excluding hydrogens is 484 g/mol. The highest BCUT2D eigenvalue weighted by Gasteiger charge is 2.36. The van der Waals surface area contributed by atoms with E-state index in [0.717, 1.165) is 0 Å². The zero-order chi connectivity index (χ0) is 27.6. The van der Waals surface area contributed by atoms with E-state index in [1.807, 2.05) is 20.8 Å². The predicted molar refractivity (Wildman–Crippen MR) is 130 cm³/mol. The number of amides is 2. The monoisotopic (exact) mass is 520 g/mol.